The van der Waals surface area contributed by atoms with Crippen LogP contribution >= 0.6 is 0 Å². The van der Waals surface area contributed by atoms with E-state index in [1.165, 1.54) is 0 Å². The number of nitrogens with zero attached hydrogens (tertiary/aromatic N) is 1. The number of halogens is 6. The third-order valence-electron chi connectivity index (χ3n) is 2.68. The van der Waals surface area contributed by atoms with Gasteiger partial charge in [0.2, 0.25) is 0 Å². The highest BCUT2D eigenvalue weighted by Gasteiger charge is 2.58. The van der Waals surface area contributed by atoms with Crippen LogP contribution < -0.4 is 0 Å². The van der Waals surface area contributed by atoms with Crippen molar-refractivity contribution in [1.82, 2.24) is 4.90 Å². The molecule has 1 saturated heterocycles. The summed E-state index contributed by atoms with van der Waals surface area (Å²) in [6.07, 6.45) is -17.7. The molecule has 1 heterocycles. The number of ether oxygens (including phenoxy) is 2. The van der Waals surface area contributed by atoms with Crippen LogP contribution in [0.15, 0.2) is 0 Å². The van der Waals surface area contributed by atoms with Crippen molar-refractivity contribution in [3.8, 4) is 0 Å². The summed E-state index contributed by atoms with van der Waals surface area (Å²) in [5.41, 5.74) is 0. The summed E-state index contributed by atoms with van der Waals surface area (Å²) in [6, 6.07) is 0. The van der Waals surface area contributed by atoms with E-state index in [1.54, 1.807) is 4.90 Å². The molecule has 1 unspecified atom stereocenters. The van der Waals surface area contributed by atoms with E-state index in [0.717, 1.165) is 0 Å². The lowest BCUT2D eigenvalue weighted by atomic mass is 10.3. The monoisotopic (exact) mass is 311 g/mol. The van der Waals surface area contributed by atoms with Crippen molar-refractivity contribution in [2.24, 2.45) is 0 Å². The molecule has 1 fully saturated rings. The molecule has 0 saturated carbocycles. The fourth-order valence-corrected chi connectivity index (χ4v) is 1.68. The molecular weight excluding hydrogens is 296 g/mol. The number of hydrogen-bond acceptors (Lipinski definition) is 4. The second-order valence-electron chi connectivity index (χ2n) is 4.30. The minimum atomic E-state index is -5.61. The largest absolute Gasteiger partial charge is 0.423 e. The Morgan fingerprint density at radius 3 is 2.00 bits per heavy atom. The highest BCUT2D eigenvalue weighted by molar-refractivity contribution is 4.76. The first kappa shape index (κ1) is 17.5. The Balaban J connectivity index is 2.43. The quantitative estimate of drug-likeness (QED) is 0.618. The van der Waals surface area contributed by atoms with Gasteiger partial charge in [0.1, 0.15) is 0 Å². The molecule has 1 aliphatic rings. The van der Waals surface area contributed by atoms with Crippen LogP contribution in [0, 0.1) is 0 Å². The van der Waals surface area contributed by atoms with Gasteiger partial charge < -0.3 is 14.6 Å². The molecular formula is C10H15F6NO3. The van der Waals surface area contributed by atoms with Crippen molar-refractivity contribution in [3.63, 3.8) is 0 Å². The third kappa shape index (κ3) is 5.81. The number of rotatable bonds is 5. The Labute approximate surface area is 111 Å². The molecule has 0 aromatic heterocycles. The van der Waals surface area contributed by atoms with Crippen molar-refractivity contribution >= 4 is 0 Å². The number of hydrogen-bond donors (Lipinski definition) is 1. The molecule has 1 rings (SSSR count). The topological polar surface area (TPSA) is 41.9 Å². The van der Waals surface area contributed by atoms with E-state index in [-0.39, 0.29) is 13.0 Å². The molecule has 0 amide bonds. The van der Waals surface area contributed by atoms with Gasteiger partial charge in [-0.05, 0) is 0 Å². The molecule has 0 aromatic carbocycles. The first-order valence-corrected chi connectivity index (χ1v) is 5.88. The summed E-state index contributed by atoms with van der Waals surface area (Å²) in [5, 5.41) is 9.20. The van der Waals surface area contributed by atoms with E-state index >= 15 is 0 Å². The van der Waals surface area contributed by atoms with Gasteiger partial charge in [-0.3, -0.25) is 4.90 Å². The number of aliphatic hydroxyl groups excluding tert-OH is 1. The van der Waals surface area contributed by atoms with Crippen LogP contribution in [0.5, 0.6) is 0 Å². The Kier molecular flexibility index (Phi) is 6.05. The summed E-state index contributed by atoms with van der Waals surface area (Å²) in [5.74, 6) is 0. The predicted octanol–water partition coefficient (Wildman–Crippen LogP) is 1.54. The van der Waals surface area contributed by atoms with E-state index in [1.807, 2.05) is 0 Å². The molecule has 4 nitrogen and oxygen atoms in total. The van der Waals surface area contributed by atoms with Gasteiger partial charge in [0.05, 0.1) is 13.2 Å². The summed E-state index contributed by atoms with van der Waals surface area (Å²) in [7, 11) is 0. The van der Waals surface area contributed by atoms with Crippen LogP contribution in [0.25, 0.3) is 0 Å². The fourth-order valence-electron chi connectivity index (χ4n) is 1.68. The van der Waals surface area contributed by atoms with Crippen molar-refractivity contribution in [1.29, 1.82) is 0 Å². The Morgan fingerprint density at radius 2 is 1.55 bits per heavy atom. The lowest BCUT2D eigenvalue weighted by molar-refractivity contribution is -0.349. The summed E-state index contributed by atoms with van der Waals surface area (Å²) in [4.78, 5) is 1.76. The van der Waals surface area contributed by atoms with Gasteiger partial charge >= 0.3 is 12.4 Å². The lowest BCUT2D eigenvalue weighted by Crippen LogP contribution is -2.47. The molecule has 0 bridgehead atoms. The average molecular weight is 311 g/mol. The molecule has 1 atom stereocenters. The highest BCUT2D eigenvalue weighted by atomic mass is 19.4. The molecule has 10 heteroatoms. The standard InChI is InChI=1S/C10H15F6NO3/c11-9(12,13)8(10(14,15)16)20-7(18)1-2-17-3-5-19-6-4-17/h7-8,18H,1-6H2. The molecule has 0 radical (unpaired) electrons. The second kappa shape index (κ2) is 6.92. The lowest BCUT2D eigenvalue weighted by Gasteiger charge is -2.29. The number of aliphatic hydroxyl groups is 1. The molecule has 0 aromatic rings. The molecule has 1 aliphatic heterocycles. The van der Waals surface area contributed by atoms with Crippen LogP contribution in [0.3, 0.4) is 0 Å². The normalized spacial score (nSPS) is 20.4. The number of morpholine rings is 1. The Hall–Kier alpha value is -0.580. The maximum absolute atomic E-state index is 12.2. The molecule has 120 valence electrons. The van der Waals surface area contributed by atoms with E-state index in [4.69, 9.17) is 4.74 Å². The zero-order valence-electron chi connectivity index (χ0n) is 10.4. The van der Waals surface area contributed by atoms with Gasteiger partial charge in [-0.1, -0.05) is 0 Å². The molecule has 20 heavy (non-hydrogen) atoms. The van der Waals surface area contributed by atoms with Crippen LogP contribution in [0.1, 0.15) is 6.42 Å². The van der Waals surface area contributed by atoms with Gasteiger partial charge in [-0.2, -0.15) is 26.3 Å². The van der Waals surface area contributed by atoms with Crippen molar-refractivity contribution in [2.75, 3.05) is 32.8 Å². The fraction of sp³-hybridized carbons (Fsp3) is 1.00. The van der Waals surface area contributed by atoms with E-state index in [2.05, 4.69) is 4.74 Å². The minimum absolute atomic E-state index is 0.132. The van der Waals surface area contributed by atoms with Gasteiger partial charge in [-0.15, -0.1) is 0 Å². The summed E-state index contributed by atoms with van der Waals surface area (Å²) in [6.45, 7) is 2.02. The maximum atomic E-state index is 12.2. The van der Waals surface area contributed by atoms with E-state index < -0.39 is 24.7 Å². The van der Waals surface area contributed by atoms with E-state index in [9.17, 15) is 31.4 Å². The minimum Gasteiger partial charge on any atom is -0.379 e. The molecule has 0 aliphatic carbocycles. The average Bonchev–Trinajstić information content (AvgIpc) is 2.32. The second-order valence-corrected chi connectivity index (χ2v) is 4.30. The third-order valence-corrected chi connectivity index (χ3v) is 2.68. The van der Waals surface area contributed by atoms with Crippen LogP contribution in [-0.2, 0) is 9.47 Å². The van der Waals surface area contributed by atoms with Crippen molar-refractivity contribution in [3.05, 3.63) is 0 Å². The van der Waals surface area contributed by atoms with Gasteiger partial charge in [0, 0.05) is 26.1 Å². The molecule has 0 spiro atoms. The van der Waals surface area contributed by atoms with Crippen molar-refractivity contribution in [2.45, 2.75) is 31.2 Å². The van der Waals surface area contributed by atoms with Crippen LogP contribution in [0.2, 0.25) is 0 Å². The van der Waals surface area contributed by atoms with Gasteiger partial charge in [0.15, 0.2) is 6.29 Å². The zero-order chi connectivity index (χ0) is 15.4. The summed E-state index contributed by atoms with van der Waals surface area (Å²) < 4.78 is 81.9. The SMILES string of the molecule is OC(CCN1CCOCC1)OC(C(F)(F)F)C(F)(F)F. The first-order chi connectivity index (χ1) is 9.10. The van der Waals surface area contributed by atoms with Gasteiger partial charge in [0.25, 0.3) is 6.10 Å². The smallest absolute Gasteiger partial charge is 0.379 e. The highest BCUT2D eigenvalue weighted by Crippen LogP contribution is 2.36. The predicted molar refractivity (Wildman–Crippen MR) is 54.9 cm³/mol. The van der Waals surface area contributed by atoms with Crippen LogP contribution in [-0.4, -0.2) is 67.6 Å². The Bertz CT molecular complexity index is 276. The Morgan fingerprint density at radius 1 is 1.05 bits per heavy atom. The van der Waals surface area contributed by atoms with Crippen molar-refractivity contribution < 1.29 is 40.9 Å². The number of alkyl halides is 6. The van der Waals surface area contributed by atoms with E-state index in [0.29, 0.717) is 26.3 Å². The zero-order valence-corrected chi connectivity index (χ0v) is 10.4. The maximum Gasteiger partial charge on any atom is 0.423 e. The van der Waals surface area contributed by atoms with Gasteiger partial charge in [-0.25, -0.2) is 0 Å². The first-order valence-electron chi connectivity index (χ1n) is 5.88. The summed E-state index contributed by atoms with van der Waals surface area (Å²) >= 11 is 0. The van der Waals surface area contributed by atoms with Crippen LogP contribution in [0.4, 0.5) is 26.3 Å². The molecule has 1 N–H and O–H groups in total.